The van der Waals surface area contributed by atoms with Gasteiger partial charge in [0.25, 0.3) is 0 Å². The number of hydrogen-bond donors (Lipinski definition) is 2. The van der Waals surface area contributed by atoms with Crippen LogP contribution in [-0.4, -0.2) is 24.1 Å². The van der Waals surface area contributed by atoms with Gasteiger partial charge in [0, 0.05) is 6.04 Å². The van der Waals surface area contributed by atoms with E-state index in [1.54, 1.807) is 0 Å². The van der Waals surface area contributed by atoms with Crippen LogP contribution in [0.4, 0.5) is 0 Å². The maximum Gasteiger partial charge on any atom is 0.237 e. The molecular formula is C15H22N2O2. The van der Waals surface area contributed by atoms with Gasteiger partial charge in [-0.15, -0.1) is 0 Å². The summed E-state index contributed by atoms with van der Waals surface area (Å²) in [7, 11) is 0. The SMILES string of the molecule is CC(CCCOc1ccccc1)(NC1CC1)C(N)=O. The molecule has 1 amide bonds. The number of nitrogens with one attached hydrogen (secondary N) is 1. The summed E-state index contributed by atoms with van der Waals surface area (Å²) in [5, 5.41) is 3.34. The Morgan fingerprint density at radius 2 is 2.11 bits per heavy atom. The molecule has 0 saturated heterocycles. The van der Waals surface area contributed by atoms with Crippen molar-refractivity contribution in [3.8, 4) is 5.75 Å². The van der Waals surface area contributed by atoms with E-state index < -0.39 is 5.54 Å². The van der Waals surface area contributed by atoms with E-state index in [0.29, 0.717) is 19.1 Å². The number of carbonyl (C=O) groups excluding carboxylic acids is 1. The predicted molar refractivity (Wildman–Crippen MR) is 74.9 cm³/mol. The number of ether oxygens (including phenoxy) is 1. The van der Waals surface area contributed by atoms with E-state index >= 15 is 0 Å². The fourth-order valence-corrected chi connectivity index (χ4v) is 2.08. The van der Waals surface area contributed by atoms with Gasteiger partial charge in [0.05, 0.1) is 12.1 Å². The van der Waals surface area contributed by atoms with Crippen LogP contribution < -0.4 is 15.8 Å². The average Bonchev–Trinajstić information content (AvgIpc) is 3.19. The largest absolute Gasteiger partial charge is 0.494 e. The summed E-state index contributed by atoms with van der Waals surface area (Å²) in [6, 6.07) is 10.2. The highest BCUT2D eigenvalue weighted by Gasteiger charge is 2.36. The smallest absolute Gasteiger partial charge is 0.237 e. The molecule has 0 heterocycles. The number of primary amides is 1. The van der Waals surface area contributed by atoms with Crippen molar-refractivity contribution in [1.82, 2.24) is 5.32 Å². The fourth-order valence-electron chi connectivity index (χ4n) is 2.08. The van der Waals surface area contributed by atoms with Crippen LogP contribution in [0, 0.1) is 0 Å². The molecule has 19 heavy (non-hydrogen) atoms. The van der Waals surface area contributed by atoms with Crippen molar-refractivity contribution in [3.63, 3.8) is 0 Å². The Morgan fingerprint density at radius 1 is 1.42 bits per heavy atom. The van der Waals surface area contributed by atoms with Gasteiger partial charge < -0.3 is 15.8 Å². The van der Waals surface area contributed by atoms with E-state index in [2.05, 4.69) is 5.32 Å². The van der Waals surface area contributed by atoms with Gasteiger partial charge in [0.15, 0.2) is 0 Å². The standard InChI is InChI=1S/C15H22N2O2/c1-15(14(16)18,17-12-8-9-12)10-5-11-19-13-6-3-2-4-7-13/h2-4,6-7,12,17H,5,8-11H2,1H3,(H2,16,18). The molecule has 1 aromatic rings. The Labute approximate surface area is 114 Å². The third-order valence-electron chi connectivity index (χ3n) is 3.48. The third kappa shape index (κ3) is 4.24. The van der Waals surface area contributed by atoms with E-state index in [0.717, 1.165) is 25.0 Å². The van der Waals surface area contributed by atoms with Crippen LogP contribution in [0.3, 0.4) is 0 Å². The summed E-state index contributed by atoms with van der Waals surface area (Å²) in [4.78, 5) is 11.6. The molecule has 4 heteroatoms. The van der Waals surface area contributed by atoms with Crippen LogP contribution >= 0.6 is 0 Å². The second-order valence-electron chi connectivity index (χ2n) is 5.38. The number of amides is 1. The minimum absolute atomic E-state index is 0.279. The highest BCUT2D eigenvalue weighted by Crippen LogP contribution is 2.24. The summed E-state index contributed by atoms with van der Waals surface area (Å²) >= 11 is 0. The molecule has 2 rings (SSSR count). The Morgan fingerprint density at radius 3 is 2.68 bits per heavy atom. The Hall–Kier alpha value is -1.55. The van der Waals surface area contributed by atoms with Crippen molar-refractivity contribution in [2.75, 3.05) is 6.61 Å². The molecule has 0 spiro atoms. The maximum absolute atomic E-state index is 11.6. The van der Waals surface area contributed by atoms with E-state index in [9.17, 15) is 4.79 Å². The lowest BCUT2D eigenvalue weighted by Crippen LogP contribution is -2.54. The van der Waals surface area contributed by atoms with Crippen LogP contribution in [0.1, 0.15) is 32.6 Å². The molecule has 104 valence electrons. The lowest BCUT2D eigenvalue weighted by atomic mass is 9.95. The zero-order chi connectivity index (χ0) is 13.7. The Bertz CT molecular complexity index is 417. The van der Waals surface area contributed by atoms with Crippen LogP contribution in [0.15, 0.2) is 30.3 Å². The van der Waals surface area contributed by atoms with E-state index in [1.165, 1.54) is 0 Å². The van der Waals surface area contributed by atoms with Crippen molar-refractivity contribution >= 4 is 5.91 Å². The Balaban J connectivity index is 1.74. The first-order valence-electron chi connectivity index (χ1n) is 6.86. The van der Waals surface area contributed by atoms with Crippen molar-refractivity contribution in [1.29, 1.82) is 0 Å². The lowest BCUT2D eigenvalue weighted by Gasteiger charge is -2.27. The maximum atomic E-state index is 11.6. The van der Waals surface area contributed by atoms with Crippen LogP contribution in [0.5, 0.6) is 5.75 Å². The zero-order valence-electron chi connectivity index (χ0n) is 11.4. The predicted octanol–water partition coefficient (Wildman–Crippen LogP) is 1.84. The molecule has 1 saturated carbocycles. The zero-order valence-corrected chi connectivity index (χ0v) is 11.4. The summed E-state index contributed by atoms with van der Waals surface area (Å²) in [6.45, 7) is 2.48. The lowest BCUT2D eigenvalue weighted by molar-refractivity contribution is -0.124. The van der Waals surface area contributed by atoms with E-state index in [4.69, 9.17) is 10.5 Å². The molecule has 0 bridgehead atoms. The topological polar surface area (TPSA) is 64.3 Å². The van der Waals surface area contributed by atoms with Gasteiger partial charge in [-0.25, -0.2) is 0 Å². The first kappa shape index (κ1) is 13.9. The summed E-state index contributed by atoms with van der Waals surface area (Å²) in [5.41, 5.74) is 4.89. The monoisotopic (exact) mass is 262 g/mol. The number of rotatable bonds is 8. The van der Waals surface area contributed by atoms with Crippen LogP contribution in [0.25, 0.3) is 0 Å². The van der Waals surface area contributed by atoms with Crippen molar-refractivity contribution in [2.24, 2.45) is 5.73 Å². The minimum Gasteiger partial charge on any atom is -0.494 e. The normalized spacial score (nSPS) is 17.7. The van der Waals surface area contributed by atoms with Crippen molar-refractivity contribution < 1.29 is 9.53 Å². The number of carbonyl (C=O) groups is 1. The number of hydrogen-bond acceptors (Lipinski definition) is 3. The molecule has 0 radical (unpaired) electrons. The van der Waals surface area contributed by atoms with Gasteiger partial charge >= 0.3 is 0 Å². The van der Waals surface area contributed by atoms with Gasteiger partial charge in [-0.2, -0.15) is 0 Å². The molecule has 3 N–H and O–H groups in total. The number of nitrogens with two attached hydrogens (primary N) is 1. The van der Waals surface area contributed by atoms with Gasteiger partial charge in [0.2, 0.25) is 5.91 Å². The first-order valence-corrected chi connectivity index (χ1v) is 6.86. The summed E-state index contributed by atoms with van der Waals surface area (Å²) < 4.78 is 5.62. The van der Waals surface area contributed by atoms with Crippen LogP contribution in [0.2, 0.25) is 0 Å². The van der Waals surface area contributed by atoms with Crippen molar-refractivity contribution in [2.45, 2.75) is 44.2 Å². The van der Waals surface area contributed by atoms with Gasteiger partial charge in [-0.05, 0) is 44.7 Å². The molecular weight excluding hydrogens is 240 g/mol. The molecule has 0 aliphatic heterocycles. The van der Waals surface area contributed by atoms with E-state index in [1.807, 2.05) is 37.3 Å². The molecule has 1 aromatic carbocycles. The Kier molecular flexibility index (Phi) is 4.43. The quantitative estimate of drug-likeness (QED) is 0.703. The molecule has 1 atom stereocenters. The average molecular weight is 262 g/mol. The summed E-state index contributed by atoms with van der Waals surface area (Å²) in [5.74, 6) is 0.581. The molecule has 1 unspecified atom stereocenters. The molecule has 1 aliphatic carbocycles. The van der Waals surface area contributed by atoms with Crippen molar-refractivity contribution in [3.05, 3.63) is 30.3 Å². The van der Waals surface area contributed by atoms with Crippen LogP contribution in [-0.2, 0) is 4.79 Å². The van der Waals surface area contributed by atoms with E-state index in [-0.39, 0.29) is 5.91 Å². The number of para-hydroxylation sites is 1. The highest BCUT2D eigenvalue weighted by molar-refractivity contribution is 5.84. The molecule has 0 aromatic heterocycles. The second-order valence-corrected chi connectivity index (χ2v) is 5.38. The van der Waals surface area contributed by atoms with Gasteiger partial charge in [-0.1, -0.05) is 18.2 Å². The minimum atomic E-state index is -0.610. The summed E-state index contributed by atoms with van der Waals surface area (Å²) in [6.07, 6.45) is 3.78. The molecule has 4 nitrogen and oxygen atoms in total. The highest BCUT2D eigenvalue weighted by atomic mass is 16.5. The molecule has 1 aliphatic rings. The van der Waals surface area contributed by atoms with Gasteiger partial charge in [0.1, 0.15) is 5.75 Å². The second kappa shape index (κ2) is 6.06. The molecule has 1 fully saturated rings. The third-order valence-corrected chi connectivity index (χ3v) is 3.48. The fraction of sp³-hybridized carbons (Fsp3) is 0.533. The number of benzene rings is 1. The van der Waals surface area contributed by atoms with Gasteiger partial charge in [-0.3, -0.25) is 4.79 Å². The first-order chi connectivity index (χ1) is 9.10.